The van der Waals surface area contributed by atoms with Crippen LogP contribution < -0.4 is 14.8 Å². The molecule has 0 saturated carbocycles. The first-order chi connectivity index (χ1) is 14.8. The summed E-state index contributed by atoms with van der Waals surface area (Å²) in [6.45, 7) is -3.02. The zero-order valence-electron chi connectivity index (χ0n) is 16.1. The topological polar surface area (TPSA) is 89.7 Å². The van der Waals surface area contributed by atoms with E-state index in [1.54, 1.807) is 42.5 Å². The van der Waals surface area contributed by atoms with Gasteiger partial charge in [-0.25, -0.2) is 13.6 Å². The second-order valence-corrected chi connectivity index (χ2v) is 8.56. The molecular formula is C22H18F2N2O4S. The Balaban J connectivity index is 1.79. The fraction of sp³-hybridized carbons (Fsp3) is 0.136. The Morgan fingerprint density at radius 1 is 0.903 bits per heavy atom. The average molecular weight is 444 g/mol. The van der Waals surface area contributed by atoms with E-state index in [1.165, 1.54) is 35.2 Å². The molecule has 1 aliphatic heterocycles. The van der Waals surface area contributed by atoms with Crippen molar-refractivity contribution in [2.75, 3.05) is 4.90 Å². The fourth-order valence-corrected chi connectivity index (χ4v) is 4.32. The SMILES string of the molecule is NS(=O)(=O)c1ccc(N2C(=O)[C@@H](c3ccccc3)[C@@H]2c2ccccc2OC(F)F)cc1. The van der Waals surface area contributed by atoms with Crippen molar-refractivity contribution in [1.29, 1.82) is 0 Å². The number of hydrogen-bond donors (Lipinski definition) is 1. The first-order valence-electron chi connectivity index (χ1n) is 9.32. The van der Waals surface area contributed by atoms with E-state index < -0.39 is 28.6 Å². The number of alkyl halides is 2. The number of para-hydroxylation sites is 1. The van der Waals surface area contributed by atoms with Crippen molar-refractivity contribution >= 4 is 21.6 Å². The van der Waals surface area contributed by atoms with Gasteiger partial charge in [-0.2, -0.15) is 8.78 Å². The van der Waals surface area contributed by atoms with Crippen LogP contribution >= 0.6 is 0 Å². The third-order valence-electron chi connectivity index (χ3n) is 5.15. The number of benzene rings is 3. The van der Waals surface area contributed by atoms with Crippen LogP contribution in [0, 0.1) is 0 Å². The number of ether oxygens (including phenoxy) is 1. The molecule has 1 saturated heterocycles. The van der Waals surface area contributed by atoms with E-state index in [9.17, 15) is 22.0 Å². The zero-order valence-corrected chi connectivity index (χ0v) is 16.9. The van der Waals surface area contributed by atoms with E-state index in [4.69, 9.17) is 9.88 Å². The number of nitrogens with zero attached hydrogens (tertiary/aromatic N) is 1. The summed E-state index contributed by atoms with van der Waals surface area (Å²) in [4.78, 5) is 14.5. The van der Waals surface area contributed by atoms with Crippen molar-refractivity contribution in [1.82, 2.24) is 0 Å². The number of carbonyl (C=O) groups is 1. The third kappa shape index (κ3) is 4.01. The largest absolute Gasteiger partial charge is 0.434 e. The van der Waals surface area contributed by atoms with Crippen LogP contribution in [0.3, 0.4) is 0 Å². The predicted octanol–water partition coefficient (Wildman–Crippen LogP) is 3.81. The number of rotatable bonds is 6. The molecule has 31 heavy (non-hydrogen) atoms. The summed E-state index contributed by atoms with van der Waals surface area (Å²) in [6.07, 6.45) is 0. The summed E-state index contributed by atoms with van der Waals surface area (Å²) >= 11 is 0. The maximum atomic E-state index is 13.2. The van der Waals surface area contributed by atoms with Crippen LogP contribution in [0.4, 0.5) is 14.5 Å². The number of hydrogen-bond acceptors (Lipinski definition) is 4. The number of anilines is 1. The summed E-state index contributed by atoms with van der Waals surface area (Å²) in [5.74, 6) is -0.880. The molecule has 0 bridgehead atoms. The maximum absolute atomic E-state index is 13.2. The standard InChI is InChI=1S/C22H18F2N2O4S/c23-22(24)30-18-9-5-4-8-17(18)20-19(14-6-2-1-3-7-14)21(27)26(20)15-10-12-16(13-11-15)31(25,28)29/h1-13,19-20,22H,(H2,25,28,29)/t19-,20-/m0/s1. The Bertz CT molecular complexity index is 1200. The summed E-state index contributed by atoms with van der Waals surface area (Å²) in [6, 6.07) is 20.2. The Kier molecular flexibility index (Phi) is 5.47. The number of primary sulfonamides is 1. The van der Waals surface area contributed by atoms with E-state index in [0.29, 0.717) is 11.3 Å². The third-order valence-corrected chi connectivity index (χ3v) is 6.08. The highest BCUT2D eigenvalue weighted by atomic mass is 32.2. The zero-order chi connectivity index (χ0) is 22.2. The van der Waals surface area contributed by atoms with Gasteiger partial charge in [-0.1, -0.05) is 48.5 Å². The molecule has 2 N–H and O–H groups in total. The number of halogens is 2. The first kappa shape index (κ1) is 21.0. The second-order valence-electron chi connectivity index (χ2n) is 7.00. The monoisotopic (exact) mass is 444 g/mol. The van der Waals surface area contributed by atoms with Crippen molar-refractivity contribution in [3.63, 3.8) is 0 Å². The smallest absolute Gasteiger partial charge is 0.387 e. The van der Waals surface area contributed by atoms with E-state index in [2.05, 4.69) is 0 Å². The molecular weight excluding hydrogens is 426 g/mol. The first-order valence-corrected chi connectivity index (χ1v) is 10.9. The molecule has 160 valence electrons. The maximum Gasteiger partial charge on any atom is 0.387 e. The summed E-state index contributed by atoms with van der Waals surface area (Å²) in [5, 5.41) is 5.14. The molecule has 3 aromatic rings. The van der Waals surface area contributed by atoms with Gasteiger partial charge in [0.1, 0.15) is 5.75 Å². The van der Waals surface area contributed by atoms with E-state index >= 15 is 0 Å². The number of sulfonamides is 1. The van der Waals surface area contributed by atoms with E-state index in [1.807, 2.05) is 6.07 Å². The lowest BCUT2D eigenvalue weighted by molar-refractivity contribution is -0.126. The molecule has 9 heteroatoms. The molecule has 1 fully saturated rings. The molecule has 0 aromatic heterocycles. The van der Waals surface area contributed by atoms with Crippen LogP contribution in [0.2, 0.25) is 0 Å². The lowest BCUT2D eigenvalue weighted by Gasteiger charge is -2.48. The molecule has 1 heterocycles. The van der Waals surface area contributed by atoms with Gasteiger partial charge in [-0.05, 0) is 35.9 Å². The Morgan fingerprint density at radius 2 is 1.52 bits per heavy atom. The van der Waals surface area contributed by atoms with Gasteiger partial charge < -0.3 is 9.64 Å². The van der Waals surface area contributed by atoms with Crippen LogP contribution in [0.1, 0.15) is 23.1 Å². The van der Waals surface area contributed by atoms with Crippen molar-refractivity contribution in [3.8, 4) is 5.75 Å². The fourth-order valence-electron chi connectivity index (χ4n) is 3.81. The minimum Gasteiger partial charge on any atom is -0.434 e. The van der Waals surface area contributed by atoms with Crippen molar-refractivity contribution in [2.45, 2.75) is 23.5 Å². The van der Waals surface area contributed by atoms with Gasteiger partial charge in [0, 0.05) is 11.3 Å². The van der Waals surface area contributed by atoms with E-state index in [-0.39, 0.29) is 16.6 Å². The Morgan fingerprint density at radius 3 is 2.13 bits per heavy atom. The van der Waals surface area contributed by atoms with Gasteiger partial charge in [-0.3, -0.25) is 4.79 Å². The molecule has 1 amide bonds. The van der Waals surface area contributed by atoms with Gasteiger partial charge in [0.25, 0.3) is 0 Å². The van der Waals surface area contributed by atoms with Crippen LogP contribution in [-0.2, 0) is 14.8 Å². The average Bonchev–Trinajstić information content (AvgIpc) is 2.73. The minimum absolute atomic E-state index is 0.0258. The van der Waals surface area contributed by atoms with Crippen LogP contribution in [-0.4, -0.2) is 20.9 Å². The summed E-state index contributed by atoms with van der Waals surface area (Å²) in [5.41, 5.74) is 1.58. The number of β-lactam (4-membered cyclic amide) rings is 1. The molecule has 3 aromatic carbocycles. The van der Waals surface area contributed by atoms with Gasteiger partial charge in [-0.15, -0.1) is 0 Å². The highest BCUT2D eigenvalue weighted by molar-refractivity contribution is 7.89. The van der Waals surface area contributed by atoms with Crippen molar-refractivity contribution in [3.05, 3.63) is 90.0 Å². The second kappa shape index (κ2) is 8.09. The summed E-state index contributed by atoms with van der Waals surface area (Å²) in [7, 11) is -3.89. The highest BCUT2D eigenvalue weighted by Gasteiger charge is 2.50. The molecule has 4 rings (SSSR count). The van der Waals surface area contributed by atoms with Crippen LogP contribution in [0.15, 0.2) is 83.8 Å². The van der Waals surface area contributed by atoms with Crippen LogP contribution in [0.25, 0.3) is 0 Å². The highest BCUT2D eigenvalue weighted by Crippen LogP contribution is 2.51. The van der Waals surface area contributed by atoms with Crippen molar-refractivity contribution in [2.24, 2.45) is 5.14 Å². The molecule has 0 spiro atoms. The number of amides is 1. The quantitative estimate of drug-likeness (QED) is 0.586. The Labute approximate surface area is 177 Å². The van der Waals surface area contributed by atoms with Crippen LogP contribution in [0.5, 0.6) is 5.75 Å². The van der Waals surface area contributed by atoms with Gasteiger partial charge in [0.2, 0.25) is 15.9 Å². The normalized spacial score (nSPS) is 18.7. The lowest BCUT2D eigenvalue weighted by atomic mass is 9.77. The van der Waals surface area contributed by atoms with Gasteiger partial charge in [0.15, 0.2) is 0 Å². The lowest BCUT2D eigenvalue weighted by Crippen LogP contribution is -2.53. The molecule has 1 aliphatic rings. The molecule has 0 unspecified atom stereocenters. The molecule has 2 atom stereocenters. The molecule has 0 radical (unpaired) electrons. The van der Waals surface area contributed by atoms with E-state index in [0.717, 1.165) is 5.56 Å². The predicted molar refractivity (Wildman–Crippen MR) is 110 cm³/mol. The van der Waals surface area contributed by atoms with Gasteiger partial charge >= 0.3 is 6.61 Å². The number of carbonyl (C=O) groups excluding carboxylic acids is 1. The molecule has 6 nitrogen and oxygen atoms in total. The molecule has 0 aliphatic carbocycles. The minimum atomic E-state index is -3.89. The Hall–Kier alpha value is -3.30. The van der Waals surface area contributed by atoms with Gasteiger partial charge in [0.05, 0.1) is 16.9 Å². The number of nitrogens with two attached hydrogens (primary N) is 1. The van der Waals surface area contributed by atoms with Crippen molar-refractivity contribution < 1.29 is 26.7 Å². The summed E-state index contributed by atoms with van der Waals surface area (Å²) < 4.78 is 53.8.